The van der Waals surface area contributed by atoms with Crippen LogP contribution in [0.25, 0.3) is 61.2 Å². The highest BCUT2D eigenvalue weighted by molar-refractivity contribution is 6.12. The Morgan fingerprint density at radius 1 is 0.640 bits per heavy atom. The second kappa shape index (κ2) is 7.52. The summed E-state index contributed by atoms with van der Waals surface area (Å²) in [5.41, 5.74) is 16.3. The average molecular weight is 642 g/mol. The van der Waals surface area contributed by atoms with Gasteiger partial charge in [0.2, 0.25) is 17.0 Å². The predicted octanol–water partition coefficient (Wildman–Crippen LogP) is 7.89. The second-order valence-electron chi connectivity index (χ2n) is 14.2. The van der Waals surface area contributed by atoms with Crippen LogP contribution in [0.15, 0.2) is 134 Å². The van der Waals surface area contributed by atoms with Gasteiger partial charge in [-0.2, -0.15) is 4.57 Å². The molecule has 0 saturated carbocycles. The van der Waals surface area contributed by atoms with Gasteiger partial charge in [0, 0.05) is 21.2 Å². The van der Waals surface area contributed by atoms with Crippen molar-refractivity contribution < 1.29 is 14.2 Å². The number of benzene rings is 6. The molecule has 0 saturated heterocycles. The standard InChI is InChI=1S/C43H25N6O/c1-45-33-17-6-7-18-34(33)47-41(45)28-13-9-19-35-39(28)49(47)40-36(50-35)21-20-32-38(40)46-37-26(27-22-23-44-48(49)42(27)46)12-8-16-31(37)43(32)29-14-4-2-10-24(29)25-11-3-5-15-30(25)43/h2-23H,1H3/q+3. The first-order chi connectivity index (χ1) is 24.8. The molecule has 14 rings (SSSR count). The molecule has 1 unspecified atom stereocenters. The normalized spacial score (nSPS) is 18.1. The Bertz CT molecular complexity index is 3120. The summed E-state index contributed by atoms with van der Waals surface area (Å²) in [6.45, 7) is 0. The van der Waals surface area contributed by atoms with Crippen LogP contribution in [0.1, 0.15) is 22.3 Å². The van der Waals surface area contributed by atoms with Crippen molar-refractivity contribution in [2.45, 2.75) is 5.41 Å². The molecular weight excluding hydrogens is 617 g/mol. The molecular formula is C43H25N6O+3. The monoisotopic (exact) mass is 641 g/mol. The van der Waals surface area contributed by atoms with E-state index >= 15 is 0 Å². The molecule has 2 spiro atoms. The molecule has 9 aromatic rings. The van der Waals surface area contributed by atoms with Crippen molar-refractivity contribution in [1.82, 2.24) is 18.9 Å². The van der Waals surface area contributed by atoms with Crippen molar-refractivity contribution in [3.8, 4) is 39.7 Å². The first-order valence-corrected chi connectivity index (χ1v) is 17.2. The Labute approximate surface area is 284 Å². The van der Waals surface area contributed by atoms with Crippen LogP contribution >= 0.6 is 0 Å². The molecule has 7 heterocycles. The van der Waals surface area contributed by atoms with Crippen molar-refractivity contribution >= 4 is 44.3 Å². The molecule has 6 aromatic carbocycles. The van der Waals surface area contributed by atoms with E-state index in [1.54, 1.807) is 0 Å². The molecule has 7 heteroatoms. The second-order valence-corrected chi connectivity index (χ2v) is 14.2. The maximum atomic E-state index is 7.04. The fourth-order valence-corrected chi connectivity index (χ4v) is 10.8. The highest BCUT2D eigenvalue weighted by Crippen LogP contribution is 2.66. The van der Waals surface area contributed by atoms with Crippen LogP contribution in [0.5, 0.6) is 11.5 Å². The first-order valence-electron chi connectivity index (χ1n) is 17.2. The Balaban J connectivity index is 1.32. The lowest BCUT2D eigenvalue weighted by Gasteiger charge is -2.40. The Hall–Kier alpha value is -6.57. The van der Waals surface area contributed by atoms with E-state index < -0.39 is 5.41 Å². The van der Waals surface area contributed by atoms with Crippen LogP contribution in [0.4, 0.5) is 11.4 Å². The summed E-state index contributed by atoms with van der Waals surface area (Å²) < 4.78 is 14.6. The van der Waals surface area contributed by atoms with Gasteiger partial charge in [-0.25, -0.2) is 4.57 Å². The Morgan fingerprint density at radius 2 is 1.36 bits per heavy atom. The van der Waals surface area contributed by atoms with E-state index in [1.807, 2.05) is 6.20 Å². The third kappa shape index (κ3) is 2.15. The van der Waals surface area contributed by atoms with Gasteiger partial charge in [-0.15, -0.1) is 0 Å². The number of hydrogen-bond donors (Lipinski definition) is 0. The third-order valence-corrected chi connectivity index (χ3v) is 12.3. The largest absolute Gasteiger partial charge is 0.444 e. The van der Waals surface area contributed by atoms with E-state index in [0.29, 0.717) is 0 Å². The van der Waals surface area contributed by atoms with Crippen molar-refractivity contribution in [3.63, 3.8) is 0 Å². The van der Waals surface area contributed by atoms with E-state index in [-0.39, 0.29) is 4.70 Å². The summed E-state index contributed by atoms with van der Waals surface area (Å²) in [5, 5.41) is 7.75. The van der Waals surface area contributed by atoms with Crippen LogP contribution in [-0.2, 0) is 12.5 Å². The number of nitrogens with zero attached hydrogens (tertiary/aromatic N) is 6. The Kier molecular flexibility index (Phi) is 3.69. The fourth-order valence-electron chi connectivity index (χ4n) is 10.8. The molecule has 0 fully saturated rings. The number of rotatable bonds is 0. The minimum absolute atomic E-state index is 0.239. The van der Waals surface area contributed by atoms with Gasteiger partial charge >= 0.3 is 17.2 Å². The van der Waals surface area contributed by atoms with Crippen LogP contribution < -0.4 is 18.9 Å². The zero-order chi connectivity index (χ0) is 32.2. The molecule has 7 nitrogen and oxygen atoms in total. The summed E-state index contributed by atoms with van der Waals surface area (Å²) >= 11 is 0. The van der Waals surface area contributed by atoms with Crippen LogP contribution in [-0.4, -0.2) is 14.2 Å². The lowest BCUT2D eigenvalue weighted by atomic mass is 9.65. The van der Waals surface area contributed by atoms with Gasteiger partial charge in [0.05, 0.1) is 28.8 Å². The highest BCUT2D eigenvalue weighted by Gasteiger charge is 2.72. The molecule has 5 aliphatic rings. The number of quaternary nitrogens is 1. The fraction of sp³-hybridized carbons (Fsp3) is 0.0465. The molecule has 230 valence electrons. The minimum Gasteiger partial charge on any atom is -0.444 e. The lowest BCUT2D eigenvalue weighted by Crippen LogP contribution is -2.85. The zero-order valence-corrected chi connectivity index (χ0v) is 26.8. The molecule has 1 aliphatic carbocycles. The van der Waals surface area contributed by atoms with Gasteiger partial charge in [-0.3, -0.25) is 0 Å². The number of aromatic nitrogens is 5. The number of hydrogen-bond acceptors (Lipinski definition) is 2. The number of para-hydroxylation sites is 4. The topological polar surface area (TPSA) is 39.7 Å². The molecule has 0 bridgehead atoms. The smallest absolute Gasteiger partial charge is 0.378 e. The number of fused-ring (bicyclic) bond motifs is 12. The van der Waals surface area contributed by atoms with Gasteiger partial charge in [-0.05, 0) is 75.9 Å². The summed E-state index contributed by atoms with van der Waals surface area (Å²) in [6, 6.07) is 47.0. The van der Waals surface area contributed by atoms with E-state index in [4.69, 9.17) is 9.84 Å². The van der Waals surface area contributed by atoms with E-state index in [0.717, 1.165) is 45.4 Å². The quantitative estimate of drug-likeness (QED) is 0.125. The summed E-state index contributed by atoms with van der Waals surface area (Å²) in [6.07, 6.45) is 1.98. The number of aryl methyl sites for hydroxylation is 1. The lowest BCUT2D eigenvalue weighted by molar-refractivity contribution is -1.04. The van der Waals surface area contributed by atoms with Crippen molar-refractivity contribution in [3.05, 3.63) is 156 Å². The molecule has 50 heavy (non-hydrogen) atoms. The van der Waals surface area contributed by atoms with Gasteiger partial charge < -0.3 is 4.74 Å². The maximum absolute atomic E-state index is 7.04. The molecule has 0 N–H and O–H groups in total. The van der Waals surface area contributed by atoms with E-state index in [2.05, 4.69) is 153 Å². The molecule has 0 amide bonds. The zero-order valence-electron chi connectivity index (χ0n) is 26.8. The van der Waals surface area contributed by atoms with Crippen molar-refractivity contribution in [1.29, 1.82) is 0 Å². The molecule has 4 aliphatic heterocycles. The van der Waals surface area contributed by atoms with Gasteiger partial charge in [0.15, 0.2) is 11.3 Å². The molecule has 0 radical (unpaired) electrons. The van der Waals surface area contributed by atoms with E-state index in [9.17, 15) is 0 Å². The third-order valence-electron chi connectivity index (χ3n) is 12.3. The average Bonchev–Trinajstić information content (AvgIpc) is 3.86. The maximum Gasteiger partial charge on any atom is 0.378 e. The van der Waals surface area contributed by atoms with Gasteiger partial charge in [-0.1, -0.05) is 78.9 Å². The van der Waals surface area contributed by atoms with Crippen LogP contribution in [0.3, 0.4) is 0 Å². The van der Waals surface area contributed by atoms with Gasteiger partial charge in [0.1, 0.15) is 15.8 Å². The van der Waals surface area contributed by atoms with Gasteiger partial charge in [0.25, 0.3) is 5.69 Å². The molecule has 1 atom stereocenters. The van der Waals surface area contributed by atoms with Crippen LogP contribution in [0.2, 0.25) is 0 Å². The first kappa shape index (κ1) is 24.6. The minimum atomic E-state index is -0.535. The van der Waals surface area contributed by atoms with E-state index in [1.165, 1.54) is 60.9 Å². The van der Waals surface area contributed by atoms with Crippen LogP contribution in [0, 0.1) is 0 Å². The van der Waals surface area contributed by atoms with Crippen molar-refractivity contribution in [2.75, 3.05) is 0 Å². The number of imidazole rings is 1. The predicted molar refractivity (Wildman–Crippen MR) is 191 cm³/mol. The highest BCUT2D eigenvalue weighted by atomic mass is 16.5. The summed E-state index contributed by atoms with van der Waals surface area (Å²) in [4.78, 5) is 2.26. The SMILES string of the molecule is Cn1c2[n+](c3ccccc31)[N+]13c4c(cccc4-2)Oc2ccc4c(c21)-n1c2c(cccc2c2ccn[n+]3c21)C41c2ccccc2-c2ccccc21. The Morgan fingerprint density at radius 3 is 2.22 bits per heavy atom. The molecule has 3 aromatic heterocycles. The van der Waals surface area contributed by atoms with Crippen molar-refractivity contribution in [2.24, 2.45) is 7.05 Å². The summed E-state index contributed by atoms with van der Waals surface area (Å²) in [5.74, 6) is 2.81. The summed E-state index contributed by atoms with van der Waals surface area (Å²) in [7, 11) is 2.18. The number of ether oxygens (including phenoxy) is 1.